The maximum atomic E-state index is 12.6. The number of rotatable bonds is 5. The van der Waals surface area contributed by atoms with Gasteiger partial charge in [0.15, 0.2) is 5.75 Å². The van der Waals surface area contributed by atoms with E-state index in [9.17, 15) is 4.79 Å². The second kappa shape index (κ2) is 6.61. The molecule has 5 heteroatoms. The van der Waals surface area contributed by atoms with Crippen molar-refractivity contribution in [2.45, 2.75) is 25.9 Å². The Bertz CT molecular complexity index is 470. The maximum absolute atomic E-state index is 12.6. The van der Waals surface area contributed by atoms with Crippen molar-refractivity contribution in [3.8, 4) is 5.75 Å². The second-order valence-electron chi connectivity index (χ2n) is 4.91. The van der Waals surface area contributed by atoms with Crippen LogP contribution in [0.2, 0.25) is 0 Å². The van der Waals surface area contributed by atoms with Crippen molar-refractivity contribution >= 4 is 11.6 Å². The van der Waals surface area contributed by atoms with E-state index < -0.39 is 0 Å². The molecule has 2 rings (SSSR count). The smallest absolute Gasteiger partial charge is 0.257 e. The summed E-state index contributed by atoms with van der Waals surface area (Å²) >= 11 is 0. The van der Waals surface area contributed by atoms with Crippen LogP contribution in [0.5, 0.6) is 5.75 Å². The van der Waals surface area contributed by atoms with Crippen molar-refractivity contribution in [3.63, 3.8) is 0 Å². The van der Waals surface area contributed by atoms with Crippen LogP contribution in [0, 0.1) is 0 Å². The van der Waals surface area contributed by atoms with Gasteiger partial charge in [-0.05, 0) is 31.9 Å². The summed E-state index contributed by atoms with van der Waals surface area (Å²) in [6.07, 6.45) is 2.22. The van der Waals surface area contributed by atoms with Crippen LogP contribution in [0.4, 0.5) is 5.69 Å². The van der Waals surface area contributed by atoms with Crippen LogP contribution in [-0.4, -0.2) is 43.7 Å². The highest BCUT2D eigenvalue weighted by atomic mass is 16.5. The van der Waals surface area contributed by atoms with Crippen molar-refractivity contribution in [2.75, 3.05) is 32.5 Å². The normalized spacial score (nSPS) is 18.0. The molecule has 1 aliphatic rings. The molecule has 1 aromatic carbocycles. The molecule has 1 atom stereocenters. The highest BCUT2D eigenvalue weighted by Gasteiger charge is 2.24. The minimum Gasteiger partial charge on any atom is -0.494 e. The van der Waals surface area contributed by atoms with Gasteiger partial charge in [-0.25, -0.2) is 0 Å². The average molecular weight is 278 g/mol. The Hall–Kier alpha value is -1.75. The Morgan fingerprint density at radius 3 is 2.95 bits per heavy atom. The molecule has 0 bridgehead atoms. The molecule has 0 spiro atoms. The number of para-hydroxylation sites is 1. The first kappa shape index (κ1) is 14.7. The standard InChI is InChI=1S/C15H22N2O3/c1-3-17(10-11-6-5-9-20-11)15(18)12-7-4-8-13(16)14(12)19-2/h4,7-8,11H,3,5-6,9-10,16H2,1-2H3. The van der Waals surface area contributed by atoms with Crippen LogP contribution in [0.3, 0.4) is 0 Å². The second-order valence-corrected chi connectivity index (χ2v) is 4.91. The molecule has 0 aliphatic carbocycles. The van der Waals surface area contributed by atoms with Crippen molar-refractivity contribution in [1.82, 2.24) is 4.90 Å². The molecular weight excluding hydrogens is 256 g/mol. The van der Waals surface area contributed by atoms with Gasteiger partial charge in [-0.3, -0.25) is 4.79 Å². The summed E-state index contributed by atoms with van der Waals surface area (Å²) in [6, 6.07) is 5.24. The lowest BCUT2D eigenvalue weighted by Crippen LogP contribution is -2.37. The Morgan fingerprint density at radius 1 is 1.55 bits per heavy atom. The largest absolute Gasteiger partial charge is 0.494 e. The summed E-state index contributed by atoms with van der Waals surface area (Å²) in [4.78, 5) is 14.4. The summed E-state index contributed by atoms with van der Waals surface area (Å²) in [5.41, 5.74) is 6.84. The van der Waals surface area contributed by atoms with Crippen molar-refractivity contribution in [3.05, 3.63) is 23.8 Å². The quantitative estimate of drug-likeness (QED) is 0.836. The van der Waals surface area contributed by atoms with E-state index in [1.807, 2.05) is 6.92 Å². The van der Waals surface area contributed by atoms with Gasteiger partial charge in [-0.1, -0.05) is 6.07 Å². The summed E-state index contributed by atoms with van der Waals surface area (Å²) in [5.74, 6) is 0.385. The lowest BCUT2D eigenvalue weighted by molar-refractivity contribution is 0.0537. The van der Waals surface area contributed by atoms with E-state index in [2.05, 4.69) is 0 Å². The number of nitrogens with zero attached hydrogens (tertiary/aromatic N) is 1. The molecule has 2 N–H and O–H groups in total. The third-order valence-electron chi connectivity index (χ3n) is 3.60. The number of ether oxygens (including phenoxy) is 2. The molecule has 1 unspecified atom stereocenters. The number of nitrogens with two attached hydrogens (primary N) is 1. The molecular formula is C15H22N2O3. The first-order chi connectivity index (χ1) is 9.67. The molecule has 1 aliphatic heterocycles. The number of nitrogen functional groups attached to an aromatic ring is 1. The average Bonchev–Trinajstić information content (AvgIpc) is 2.96. The zero-order chi connectivity index (χ0) is 14.5. The van der Waals surface area contributed by atoms with Gasteiger partial charge in [0, 0.05) is 19.7 Å². The van der Waals surface area contributed by atoms with E-state index in [0.29, 0.717) is 30.1 Å². The predicted molar refractivity (Wildman–Crippen MR) is 78.0 cm³/mol. The van der Waals surface area contributed by atoms with Crippen LogP contribution >= 0.6 is 0 Å². The molecule has 1 amide bonds. The van der Waals surface area contributed by atoms with Gasteiger partial charge in [0.1, 0.15) is 0 Å². The summed E-state index contributed by atoms with van der Waals surface area (Å²) in [7, 11) is 1.53. The number of anilines is 1. The van der Waals surface area contributed by atoms with Crippen LogP contribution < -0.4 is 10.5 Å². The zero-order valence-electron chi connectivity index (χ0n) is 12.1. The third kappa shape index (κ3) is 3.04. The van der Waals surface area contributed by atoms with Crippen molar-refractivity contribution in [2.24, 2.45) is 0 Å². The topological polar surface area (TPSA) is 64.8 Å². The number of amides is 1. The van der Waals surface area contributed by atoms with Crippen LogP contribution in [0.1, 0.15) is 30.1 Å². The van der Waals surface area contributed by atoms with Crippen LogP contribution in [-0.2, 0) is 4.74 Å². The predicted octanol–water partition coefficient (Wildman–Crippen LogP) is 1.92. The van der Waals surface area contributed by atoms with Gasteiger partial charge >= 0.3 is 0 Å². The first-order valence-electron chi connectivity index (χ1n) is 7.00. The molecule has 1 saturated heterocycles. The Labute approximate surface area is 119 Å². The van der Waals surface area contributed by atoms with E-state index in [-0.39, 0.29) is 12.0 Å². The molecule has 0 saturated carbocycles. The van der Waals surface area contributed by atoms with Gasteiger partial charge in [-0.15, -0.1) is 0 Å². The SMILES string of the molecule is CCN(CC1CCCO1)C(=O)c1cccc(N)c1OC. The lowest BCUT2D eigenvalue weighted by Gasteiger charge is -2.25. The molecule has 0 aromatic heterocycles. The molecule has 110 valence electrons. The lowest BCUT2D eigenvalue weighted by atomic mass is 10.1. The van der Waals surface area contributed by atoms with Gasteiger partial charge in [-0.2, -0.15) is 0 Å². The van der Waals surface area contributed by atoms with E-state index in [1.165, 1.54) is 7.11 Å². The highest BCUT2D eigenvalue weighted by molar-refractivity contribution is 5.98. The number of likely N-dealkylation sites (N-methyl/N-ethyl adjacent to an activating group) is 1. The zero-order valence-corrected chi connectivity index (χ0v) is 12.1. The maximum Gasteiger partial charge on any atom is 0.257 e. The minimum absolute atomic E-state index is 0.0628. The number of methoxy groups -OCH3 is 1. The number of carbonyl (C=O) groups excluding carboxylic acids is 1. The monoisotopic (exact) mass is 278 g/mol. The summed E-state index contributed by atoms with van der Waals surface area (Å²) in [5, 5.41) is 0. The van der Waals surface area contributed by atoms with E-state index in [0.717, 1.165) is 19.4 Å². The molecule has 1 heterocycles. The number of hydrogen-bond acceptors (Lipinski definition) is 4. The van der Waals surface area contributed by atoms with E-state index >= 15 is 0 Å². The molecule has 1 fully saturated rings. The van der Waals surface area contributed by atoms with Crippen molar-refractivity contribution < 1.29 is 14.3 Å². The molecule has 1 aromatic rings. The molecule has 20 heavy (non-hydrogen) atoms. The fourth-order valence-electron chi connectivity index (χ4n) is 2.51. The Balaban J connectivity index is 2.17. The minimum atomic E-state index is -0.0628. The van der Waals surface area contributed by atoms with Crippen molar-refractivity contribution in [1.29, 1.82) is 0 Å². The van der Waals surface area contributed by atoms with Crippen LogP contribution in [0.25, 0.3) is 0 Å². The number of hydrogen-bond donors (Lipinski definition) is 1. The summed E-state index contributed by atoms with van der Waals surface area (Å²) in [6.45, 7) is 4.01. The van der Waals surface area contributed by atoms with E-state index in [4.69, 9.17) is 15.2 Å². The first-order valence-corrected chi connectivity index (χ1v) is 7.00. The third-order valence-corrected chi connectivity index (χ3v) is 3.60. The van der Waals surface area contributed by atoms with E-state index in [1.54, 1.807) is 23.1 Å². The van der Waals surface area contributed by atoms with Gasteiger partial charge < -0.3 is 20.1 Å². The number of benzene rings is 1. The highest BCUT2D eigenvalue weighted by Crippen LogP contribution is 2.27. The van der Waals surface area contributed by atoms with Crippen LogP contribution in [0.15, 0.2) is 18.2 Å². The van der Waals surface area contributed by atoms with Gasteiger partial charge in [0.25, 0.3) is 5.91 Å². The fraction of sp³-hybridized carbons (Fsp3) is 0.533. The molecule has 0 radical (unpaired) electrons. The Morgan fingerprint density at radius 2 is 2.35 bits per heavy atom. The van der Waals surface area contributed by atoms with Gasteiger partial charge in [0.05, 0.1) is 24.5 Å². The Kier molecular flexibility index (Phi) is 4.84. The molecule has 5 nitrogen and oxygen atoms in total. The number of carbonyl (C=O) groups is 1. The summed E-state index contributed by atoms with van der Waals surface area (Å²) < 4.78 is 10.9. The fourth-order valence-corrected chi connectivity index (χ4v) is 2.51. The van der Waals surface area contributed by atoms with Gasteiger partial charge in [0.2, 0.25) is 0 Å².